The van der Waals surface area contributed by atoms with Gasteiger partial charge in [0.2, 0.25) is 11.8 Å². The lowest BCUT2D eigenvalue weighted by atomic mass is 9.88. The number of benzene rings is 1. The minimum atomic E-state index is -0.491. The average molecular weight is 400 g/mol. The number of pyridine rings is 1. The van der Waals surface area contributed by atoms with E-state index in [2.05, 4.69) is 73.7 Å². The molecule has 1 aliphatic heterocycles. The number of hydrogen-bond donors (Lipinski definition) is 0. The highest BCUT2D eigenvalue weighted by Crippen LogP contribution is 2.36. The van der Waals surface area contributed by atoms with Crippen molar-refractivity contribution in [2.45, 2.75) is 58.7 Å². The fourth-order valence-electron chi connectivity index (χ4n) is 4.37. The van der Waals surface area contributed by atoms with Gasteiger partial charge < -0.3 is 4.74 Å². The third-order valence-electron chi connectivity index (χ3n) is 5.75. The van der Waals surface area contributed by atoms with Crippen molar-refractivity contribution in [2.24, 2.45) is 0 Å². The van der Waals surface area contributed by atoms with Crippen LogP contribution in [0.4, 0.5) is 4.39 Å². The number of piperazine rings is 1. The molecular formula is C24H34FN3O. The molecule has 158 valence electrons. The second-order valence-electron chi connectivity index (χ2n) is 9.24. The van der Waals surface area contributed by atoms with Gasteiger partial charge in [-0.2, -0.15) is 9.37 Å². The number of rotatable bonds is 5. The minimum absolute atomic E-state index is 0.0762. The summed E-state index contributed by atoms with van der Waals surface area (Å²) >= 11 is 0. The number of ether oxygens (including phenoxy) is 1. The van der Waals surface area contributed by atoms with Crippen LogP contribution in [0.3, 0.4) is 0 Å². The van der Waals surface area contributed by atoms with Gasteiger partial charge in [-0.05, 0) is 49.4 Å². The first-order valence-corrected chi connectivity index (χ1v) is 10.5. The van der Waals surface area contributed by atoms with Crippen molar-refractivity contribution in [1.82, 2.24) is 14.8 Å². The van der Waals surface area contributed by atoms with Crippen LogP contribution in [-0.2, 0) is 6.54 Å². The highest BCUT2D eigenvalue weighted by molar-refractivity contribution is 5.33. The summed E-state index contributed by atoms with van der Waals surface area (Å²) in [6.07, 6.45) is 0. The van der Waals surface area contributed by atoms with E-state index < -0.39 is 5.95 Å². The molecule has 2 heterocycles. The van der Waals surface area contributed by atoms with Gasteiger partial charge in [-0.15, -0.1) is 0 Å². The molecule has 1 atom stereocenters. The van der Waals surface area contributed by atoms with E-state index in [4.69, 9.17) is 4.74 Å². The summed E-state index contributed by atoms with van der Waals surface area (Å²) in [5.74, 6) is 0.311. The zero-order valence-corrected chi connectivity index (χ0v) is 18.6. The molecule has 1 aliphatic rings. The summed E-state index contributed by atoms with van der Waals surface area (Å²) in [5, 5.41) is 0. The molecular weight excluding hydrogens is 365 g/mol. The molecule has 0 bridgehead atoms. The minimum Gasteiger partial charge on any atom is -0.481 e. The zero-order chi connectivity index (χ0) is 21.2. The van der Waals surface area contributed by atoms with E-state index in [0.717, 1.165) is 25.2 Å². The van der Waals surface area contributed by atoms with Crippen molar-refractivity contribution in [1.29, 1.82) is 0 Å². The molecule has 0 saturated carbocycles. The first-order valence-electron chi connectivity index (χ1n) is 10.5. The largest absolute Gasteiger partial charge is 0.481 e. The smallest absolute Gasteiger partial charge is 0.216 e. The van der Waals surface area contributed by atoms with Gasteiger partial charge in [0.25, 0.3) is 0 Å². The SMILES string of the molecule is COc1cc(CN2CCN(C(C)(C)C)C(c3ccccc3C(C)C)C2)cc(F)n1. The van der Waals surface area contributed by atoms with Crippen LogP contribution in [0.15, 0.2) is 36.4 Å². The second-order valence-corrected chi connectivity index (χ2v) is 9.24. The maximum atomic E-state index is 13.9. The molecule has 3 rings (SSSR count). The van der Waals surface area contributed by atoms with Gasteiger partial charge in [-0.1, -0.05) is 38.1 Å². The van der Waals surface area contributed by atoms with Crippen LogP contribution in [-0.4, -0.2) is 47.1 Å². The van der Waals surface area contributed by atoms with Gasteiger partial charge in [0.1, 0.15) is 0 Å². The van der Waals surface area contributed by atoms with Gasteiger partial charge in [-0.3, -0.25) is 9.80 Å². The van der Waals surface area contributed by atoms with E-state index in [1.165, 1.54) is 24.3 Å². The lowest BCUT2D eigenvalue weighted by molar-refractivity contribution is 0.00550. The van der Waals surface area contributed by atoms with Gasteiger partial charge >= 0.3 is 0 Å². The third-order valence-corrected chi connectivity index (χ3v) is 5.75. The Labute approximate surface area is 174 Å². The summed E-state index contributed by atoms with van der Waals surface area (Å²) in [5.41, 5.74) is 3.78. The molecule has 0 spiro atoms. The average Bonchev–Trinajstić information content (AvgIpc) is 2.66. The second kappa shape index (κ2) is 8.80. The zero-order valence-electron chi connectivity index (χ0n) is 18.6. The molecule has 4 nitrogen and oxygen atoms in total. The molecule has 1 unspecified atom stereocenters. The maximum Gasteiger partial charge on any atom is 0.216 e. The Morgan fingerprint density at radius 3 is 2.55 bits per heavy atom. The molecule has 0 amide bonds. The molecule has 1 aromatic heterocycles. The standard InChI is InChI=1S/C24H34FN3O/c1-17(2)19-9-7-8-10-20(19)21-16-27(11-12-28(21)24(3,4)5)15-18-13-22(25)26-23(14-18)29-6/h7-10,13-14,17,21H,11-12,15-16H2,1-6H3. The van der Waals surface area contributed by atoms with Crippen molar-refractivity contribution in [3.63, 3.8) is 0 Å². The Morgan fingerprint density at radius 2 is 1.90 bits per heavy atom. The summed E-state index contributed by atoms with van der Waals surface area (Å²) in [7, 11) is 1.52. The first kappa shape index (κ1) is 21.7. The number of aromatic nitrogens is 1. The first-order chi connectivity index (χ1) is 13.7. The number of nitrogens with zero attached hydrogens (tertiary/aromatic N) is 3. The molecule has 5 heteroatoms. The van der Waals surface area contributed by atoms with Crippen molar-refractivity contribution in [3.8, 4) is 5.88 Å². The Balaban J connectivity index is 1.89. The molecule has 29 heavy (non-hydrogen) atoms. The number of methoxy groups -OCH3 is 1. The van der Waals surface area contributed by atoms with Crippen molar-refractivity contribution in [3.05, 3.63) is 59.0 Å². The normalized spacial score (nSPS) is 19.0. The monoisotopic (exact) mass is 399 g/mol. The number of hydrogen-bond acceptors (Lipinski definition) is 4. The van der Waals surface area contributed by atoms with Crippen LogP contribution in [0, 0.1) is 5.95 Å². The van der Waals surface area contributed by atoms with Gasteiger partial charge in [-0.25, -0.2) is 0 Å². The predicted octanol–water partition coefficient (Wildman–Crippen LogP) is 5.01. The van der Waals surface area contributed by atoms with E-state index >= 15 is 0 Å². The Hall–Kier alpha value is -1.98. The van der Waals surface area contributed by atoms with Crippen molar-refractivity contribution < 1.29 is 9.13 Å². The van der Waals surface area contributed by atoms with E-state index in [0.29, 0.717) is 24.4 Å². The lowest BCUT2D eigenvalue weighted by Crippen LogP contribution is -2.55. The molecule has 0 aliphatic carbocycles. The molecule has 0 radical (unpaired) electrons. The van der Waals surface area contributed by atoms with E-state index in [9.17, 15) is 4.39 Å². The quantitative estimate of drug-likeness (QED) is 0.661. The number of halogens is 1. The Morgan fingerprint density at radius 1 is 1.17 bits per heavy atom. The van der Waals surface area contributed by atoms with Crippen LogP contribution in [0.5, 0.6) is 5.88 Å². The predicted molar refractivity (Wildman–Crippen MR) is 116 cm³/mol. The molecule has 1 fully saturated rings. The van der Waals surface area contributed by atoms with Crippen molar-refractivity contribution in [2.75, 3.05) is 26.7 Å². The van der Waals surface area contributed by atoms with Gasteiger partial charge in [0.15, 0.2) is 0 Å². The molecule has 0 N–H and O–H groups in total. The summed E-state index contributed by atoms with van der Waals surface area (Å²) in [6, 6.07) is 12.4. The summed E-state index contributed by atoms with van der Waals surface area (Å²) in [6.45, 7) is 14.9. The molecule has 2 aromatic rings. The van der Waals surface area contributed by atoms with Crippen LogP contribution >= 0.6 is 0 Å². The topological polar surface area (TPSA) is 28.6 Å². The summed E-state index contributed by atoms with van der Waals surface area (Å²) < 4.78 is 19.0. The maximum absolute atomic E-state index is 13.9. The third kappa shape index (κ3) is 5.14. The fourth-order valence-corrected chi connectivity index (χ4v) is 4.37. The highest BCUT2D eigenvalue weighted by atomic mass is 19.1. The van der Waals surface area contributed by atoms with Crippen LogP contribution in [0.2, 0.25) is 0 Å². The van der Waals surface area contributed by atoms with Gasteiger partial charge in [0, 0.05) is 43.8 Å². The highest BCUT2D eigenvalue weighted by Gasteiger charge is 2.36. The van der Waals surface area contributed by atoms with E-state index in [1.54, 1.807) is 0 Å². The van der Waals surface area contributed by atoms with Crippen molar-refractivity contribution >= 4 is 0 Å². The molecule has 1 aromatic carbocycles. The van der Waals surface area contributed by atoms with Gasteiger partial charge in [0.05, 0.1) is 7.11 Å². The van der Waals surface area contributed by atoms with Crippen LogP contribution in [0.1, 0.15) is 63.3 Å². The summed E-state index contributed by atoms with van der Waals surface area (Å²) in [4.78, 5) is 8.79. The van der Waals surface area contributed by atoms with Crippen LogP contribution in [0.25, 0.3) is 0 Å². The Bertz CT molecular complexity index is 831. The van der Waals surface area contributed by atoms with E-state index in [1.807, 2.05) is 6.07 Å². The molecule has 1 saturated heterocycles. The Kier molecular flexibility index (Phi) is 6.59. The van der Waals surface area contributed by atoms with E-state index in [-0.39, 0.29) is 5.54 Å². The fraction of sp³-hybridized carbons (Fsp3) is 0.542. The lowest BCUT2D eigenvalue weighted by Gasteiger charge is -2.49. The van der Waals surface area contributed by atoms with Crippen LogP contribution < -0.4 is 4.74 Å².